The molecule has 2 aromatic heterocycles. The molecule has 0 aliphatic carbocycles. The molecule has 11 heteroatoms. The molecular formula is C13H12BrFN6O3. The van der Waals surface area contributed by atoms with E-state index in [-0.39, 0.29) is 18.1 Å². The predicted molar refractivity (Wildman–Crippen MR) is 84.8 cm³/mol. The first-order chi connectivity index (χ1) is 11.6. The molecule has 0 spiro atoms. The maximum absolute atomic E-state index is 13.3. The average molecular weight is 399 g/mol. The zero-order valence-corrected chi connectivity index (χ0v) is 13.8. The molecule has 0 saturated heterocycles. The first kappa shape index (κ1) is 16.3. The van der Waals surface area contributed by atoms with Crippen LogP contribution in [0.5, 0.6) is 0 Å². The van der Waals surface area contributed by atoms with Gasteiger partial charge in [0.2, 0.25) is 11.6 Å². The van der Waals surface area contributed by atoms with Crippen LogP contribution in [-0.2, 0) is 6.54 Å². The Balaban J connectivity index is 1.96. The molecule has 0 unspecified atom stereocenters. The summed E-state index contributed by atoms with van der Waals surface area (Å²) in [6, 6.07) is 4.41. The normalized spacial score (nSPS) is 11.0. The molecule has 0 amide bonds. The van der Waals surface area contributed by atoms with Gasteiger partial charge in [-0.05, 0) is 43.9 Å². The third-order valence-electron chi connectivity index (χ3n) is 3.15. The van der Waals surface area contributed by atoms with Gasteiger partial charge in [-0.2, -0.15) is 0 Å². The lowest BCUT2D eigenvalue weighted by Crippen LogP contribution is -2.17. The summed E-state index contributed by atoms with van der Waals surface area (Å²) in [4.78, 5) is 11.9. The van der Waals surface area contributed by atoms with E-state index in [0.29, 0.717) is 28.9 Å². The minimum atomic E-state index is -0.682. The molecule has 0 bridgehead atoms. The van der Waals surface area contributed by atoms with Crippen LogP contribution in [0.3, 0.4) is 0 Å². The molecule has 0 radical (unpaired) electrons. The number of aromatic nitrogens is 4. The van der Waals surface area contributed by atoms with Crippen LogP contribution < -0.4 is 16.8 Å². The Morgan fingerprint density at radius 2 is 2.17 bits per heavy atom. The number of nitrogens with zero attached hydrogens (tertiary/aromatic N) is 4. The summed E-state index contributed by atoms with van der Waals surface area (Å²) in [5, 5.41) is 14.1. The quantitative estimate of drug-likeness (QED) is 0.634. The van der Waals surface area contributed by atoms with Crippen LogP contribution >= 0.6 is 15.9 Å². The van der Waals surface area contributed by atoms with Gasteiger partial charge in [-0.1, -0.05) is 11.2 Å². The summed E-state index contributed by atoms with van der Waals surface area (Å²) in [6.07, 6.45) is 0. The molecule has 3 aromatic rings. The highest BCUT2D eigenvalue weighted by atomic mass is 79.9. The molecule has 126 valence electrons. The van der Waals surface area contributed by atoms with Gasteiger partial charge in [0.15, 0.2) is 5.69 Å². The molecule has 0 saturated carbocycles. The second-order valence-corrected chi connectivity index (χ2v) is 5.64. The Bertz CT molecular complexity index is 905. The van der Waals surface area contributed by atoms with Crippen molar-refractivity contribution in [1.29, 1.82) is 0 Å². The van der Waals surface area contributed by atoms with Crippen LogP contribution in [0.25, 0.3) is 11.5 Å². The van der Waals surface area contributed by atoms with Crippen molar-refractivity contribution < 1.29 is 13.5 Å². The van der Waals surface area contributed by atoms with Gasteiger partial charge in [-0.25, -0.2) is 13.8 Å². The standard InChI is InChI=1S/C13H12BrFN6O3/c14-8-5-7(1-2-9(8)15)6-21-12(20-23-13(21)22)10-11(17-4-3-16)19-24-18-10/h1-2,5H,3-4,6,16H2,(H,17,19). The van der Waals surface area contributed by atoms with Crippen LogP contribution in [0.1, 0.15) is 5.56 Å². The summed E-state index contributed by atoms with van der Waals surface area (Å²) in [5.74, 6) is -0.646. The number of nitrogens with two attached hydrogens (primary N) is 1. The third-order valence-corrected chi connectivity index (χ3v) is 3.76. The topological polar surface area (TPSA) is 125 Å². The minimum absolute atomic E-state index is 0.111. The van der Waals surface area contributed by atoms with E-state index in [1.807, 2.05) is 0 Å². The molecule has 0 aliphatic heterocycles. The monoisotopic (exact) mass is 398 g/mol. The van der Waals surface area contributed by atoms with Crippen LogP contribution in [0, 0.1) is 5.82 Å². The molecule has 9 nitrogen and oxygen atoms in total. The van der Waals surface area contributed by atoms with Crippen molar-refractivity contribution >= 4 is 21.7 Å². The van der Waals surface area contributed by atoms with Gasteiger partial charge < -0.3 is 11.1 Å². The molecule has 0 atom stereocenters. The first-order valence-electron chi connectivity index (χ1n) is 6.87. The van der Waals surface area contributed by atoms with Gasteiger partial charge in [-0.3, -0.25) is 9.09 Å². The first-order valence-corrected chi connectivity index (χ1v) is 7.66. The molecule has 0 fully saturated rings. The number of hydrogen-bond donors (Lipinski definition) is 2. The smallest absolute Gasteiger partial charge is 0.364 e. The predicted octanol–water partition coefficient (Wildman–Crippen LogP) is 1.21. The van der Waals surface area contributed by atoms with Crippen LogP contribution in [-0.4, -0.2) is 33.1 Å². The summed E-state index contributed by atoms with van der Waals surface area (Å²) >= 11 is 3.11. The second kappa shape index (κ2) is 6.93. The van der Waals surface area contributed by atoms with Gasteiger partial charge in [0, 0.05) is 13.1 Å². The molecule has 0 aliphatic rings. The van der Waals surface area contributed by atoms with Crippen molar-refractivity contribution in [2.45, 2.75) is 6.54 Å². The Morgan fingerprint density at radius 3 is 2.92 bits per heavy atom. The summed E-state index contributed by atoms with van der Waals surface area (Å²) in [5.41, 5.74) is 6.32. The lowest BCUT2D eigenvalue weighted by molar-refractivity contribution is 0.309. The van der Waals surface area contributed by atoms with Crippen LogP contribution in [0.2, 0.25) is 0 Å². The Hall–Kier alpha value is -2.53. The molecule has 2 heterocycles. The molecule has 3 rings (SSSR count). The minimum Gasteiger partial charge on any atom is -0.364 e. The highest BCUT2D eigenvalue weighted by Gasteiger charge is 2.21. The van der Waals surface area contributed by atoms with Crippen LogP contribution in [0.4, 0.5) is 10.2 Å². The Kier molecular flexibility index (Phi) is 4.71. The van der Waals surface area contributed by atoms with Gasteiger partial charge in [0.05, 0.1) is 11.0 Å². The summed E-state index contributed by atoms with van der Waals surface area (Å²) in [6.45, 7) is 0.926. The second-order valence-electron chi connectivity index (χ2n) is 4.78. The van der Waals surface area contributed by atoms with Gasteiger partial charge in [-0.15, -0.1) is 0 Å². The van der Waals surface area contributed by atoms with Gasteiger partial charge in [0.1, 0.15) is 5.82 Å². The van der Waals surface area contributed by atoms with Crippen molar-refractivity contribution in [1.82, 2.24) is 20.0 Å². The van der Waals surface area contributed by atoms with Crippen molar-refractivity contribution in [3.63, 3.8) is 0 Å². The fourth-order valence-corrected chi connectivity index (χ4v) is 2.47. The Labute approximate surface area is 142 Å². The summed E-state index contributed by atoms with van der Waals surface area (Å²) < 4.78 is 24.3. The number of rotatable bonds is 6. The highest BCUT2D eigenvalue weighted by molar-refractivity contribution is 9.10. The largest absolute Gasteiger partial charge is 0.442 e. The van der Waals surface area contributed by atoms with Gasteiger partial charge in [0.25, 0.3) is 0 Å². The van der Waals surface area contributed by atoms with Crippen molar-refractivity contribution in [2.24, 2.45) is 5.73 Å². The van der Waals surface area contributed by atoms with Crippen molar-refractivity contribution in [2.75, 3.05) is 18.4 Å². The lowest BCUT2D eigenvalue weighted by atomic mass is 10.2. The molecule has 3 N–H and O–H groups in total. The number of anilines is 1. The zero-order chi connectivity index (χ0) is 17.1. The van der Waals surface area contributed by atoms with E-state index < -0.39 is 11.6 Å². The fraction of sp³-hybridized carbons (Fsp3) is 0.231. The number of benzene rings is 1. The molecule has 1 aromatic carbocycles. The van der Waals surface area contributed by atoms with E-state index in [1.54, 1.807) is 12.1 Å². The lowest BCUT2D eigenvalue weighted by Gasteiger charge is -2.05. The van der Waals surface area contributed by atoms with Crippen LogP contribution in [0.15, 0.2) is 36.6 Å². The maximum atomic E-state index is 13.3. The van der Waals surface area contributed by atoms with E-state index in [4.69, 9.17) is 10.3 Å². The van der Waals surface area contributed by atoms with Crippen molar-refractivity contribution in [3.05, 3.63) is 44.6 Å². The SMILES string of the molecule is NCCNc1nonc1-c1noc(=O)n1Cc1ccc(F)c(Br)c1. The van der Waals surface area contributed by atoms with E-state index in [9.17, 15) is 9.18 Å². The Morgan fingerprint density at radius 1 is 1.33 bits per heavy atom. The fourth-order valence-electron chi connectivity index (χ4n) is 2.04. The van der Waals surface area contributed by atoms with E-state index in [1.165, 1.54) is 10.6 Å². The third kappa shape index (κ3) is 3.21. The number of halogens is 2. The summed E-state index contributed by atoms with van der Waals surface area (Å²) in [7, 11) is 0. The number of hydrogen-bond acceptors (Lipinski definition) is 8. The molecular weight excluding hydrogens is 387 g/mol. The molecule has 24 heavy (non-hydrogen) atoms. The van der Waals surface area contributed by atoms with Crippen molar-refractivity contribution in [3.8, 4) is 11.5 Å². The zero-order valence-electron chi connectivity index (χ0n) is 12.2. The van der Waals surface area contributed by atoms with E-state index >= 15 is 0 Å². The average Bonchev–Trinajstić information content (AvgIpc) is 3.16. The van der Waals surface area contributed by atoms with E-state index in [2.05, 4.69) is 41.3 Å². The maximum Gasteiger partial charge on any atom is 0.442 e. The van der Waals surface area contributed by atoms with Gasteiger partial charge >= 0.3 is 5.76 Å². The number of nitrogens with one attached hydrogen (secondary N) is 1. The van der Waals surface area contributed by atoms with E-state index in [0.717, 1.165) is 0 Å². The highest BCUT2D eigenvalue weighted by Crippen LogP contribution is 2.23.